The van der Waals surface area contributed by atoms with Crippen LogP contribution in [0.3, 0.4) is 0 Å². The summed E-state index contributed by atoms with van der Waals surface area (Å²) < 4.78 is 14.6. The minimum Gasteiger partial charge on any atom is -0.461 e. The van der Waals surface area contributed by atoms with Gasteiger partial charge in [0.15, 0.2) is 0 Å². The third-order valence-electron chi connectivity index (χ3n) is 13.7. The third-order valence-corrected chi connectivity index (χ3v) is 13.7. The van der Waals surface area contributed by atoms with Gasteiger partial charge in [0, 0.05) is 51.5 Å². The largest absolute Gasteiger partial charge is 0.461 e. The maximum atomic E-state index is 14.0. The summed E-state index contributed by atoms with van der Waals surface area (Å²) in [5.74, 6) is 0.510. The normalized spacial score (nSPS) is 29.0. The van der Waals surface area contributed by atoms with Gasteiger partial charge in [-0.15, -0.1) is 5.10 Å². The van der Waals surface area contributed by atoms with Crippen molar-refractivity contribution < 1.29 is 28.7 Å². The monoisotopic (exact) mass is 868 g/mol. The van der Waals surface area contributed by atoms with Crippen LogP contribution in [-0.2, 0) is 54.5 Å². The van der Waals surface area contributed by atoms with E-state index >= 15 is 0 Å². The number of carbonyl (C=O) groups excluding carboxylic acids is 4. The van der Waals surface area contributed by atoms with Crippen LogP contribution in [0.4, 0.5) is 0 Å². The fourth-order valence-corrected chi connectivity index (χ4v) is 9.84. The fraction of sp³-hybridized carbons (Fsp3) is 0.654. The molecule has 346 valence electrons. The number of aryl methyl sites for hydroxylation is 2. The maximum absolute atomic E-state index is 14.0. The molecule has 3 heterocycles. The minimum absolute atomic E-state index is 0.0127. The van der Waals surface area contributed by atoms with Crippen LogP contribution in [0.25, 0.3) is 0 Å². The number of likely N-dealkylation sites (N-methyl/N-ethyl adjacent to an activating group) is 2. The number of rotatable bonds is 12. The zero-order chi connectivity index (χ0) is 45.5. The first kappa shape index (κ1) is 49.5. The van der Waals surface area contributed by atoms with E-state index in [1.165, 1.54) is 0 Å². The highest BCUT2D eigenvalue weighted by Gasteiger charge is 2.35. The molecule has 2 aromatic carbocycles. The van der Waals surface area contributed by atoms with E-state index in [0.717, 1.165) is 81.0 Å². The van der Waals surface area contributed by atoms with Crippen LogP contribution >= 0.6 is 0 Å². The molecule has 0 unspecified atom stereocenters. The molecule has 0 spiro atoms. The summed E-state index contributed by atoms with van der Waals surface area (Å²) in [6.07, 6.45) is 13.1. The van der Waals surface area contributed by atoms with Gasteiger partial charge in [-0.1, -0.05) is 133 Å². The molecule has 2 aliphatic rings. The van der Waals surface area contributed by atoms with Crippen LogP contribution in [0, 0.1) is 35.5 Å². The Kier molecular flexibility index (Phi) is 19.2. The van der Waals surface area contributed by atoms with Crippen molar-refractivity contribution in [2.75, 3.05) is 14.1 Å². The lowest BCUT2D eigenvalue weighted by atomic mass is 9.88. The zero-order valence-electron chi connectivity index (χ0n) is 39.6. The van der Waals surface area contributed by atoms with E-state index < -0.39 is 12.1 Å². The van der Waals surface area contributed by atoms with Crippen LogP contribution in [0.2, 0.25) is 0 Å². The van der Waals surface area contributed by atoms with Crippen LogP contribution in [-0.4, -0.2) is 86.9 Å². The zero-order valence-corrected chi connectivity index (χ0v) is 39.6. The van der Waals surface area contributed by atoms with Crippen LogP contribution in [0.1, 0.15) is 135 Å². The summed E-state index contributed by atoms with van der Waals surface area (Å²) >= 11 is 0. The van der Waals surface area contributed by atoms with Crippen LogP contribution < -0.4 is 0 Å². The lowest BCUT2D eigenvalue weighted by Crippen LogP contribution is -2.47. The SMILES string of the molecule is C[C@@H]1CC[C@@H](C)C[C@@H](C)C(=O)N(C)[C@@H](Cc2ccccc2)C(=O)O[C@H](CCCc2cn(CCC[C@@H]3C[C@H](C)CC[C@@H](C)C[C@@H](C)C(=O)N(C)[C@@H](Cc4ccccc4)C(=O)O3)nn2)C1. The van der Waals surface area contributed by atoms with Crippen molar-refractivity contribution in [3.8, 4) is 0 Å². The Morgan fingerprint density at radius 1 is 0.571 bits per heavy atom. The molecule has 0 bridgehead atoms. The Labute approximate surface area is 378 Å². The maximum Gasteiger partial charge on any atom is 0.329 e. The molecule has 0 aliphatic carbocycles. The Morgan fingerprint density at radius 3 is 1.43 bits per heavy atom. The minimum atomic E-state index is -0.704. The van der Waals surface area contributed by atoms with E-state index in [1.54, 1.807) is 23.9 Å². The summed E-state index contributed by atoms with van der Waals surface area (Å²) in [5, 5.41) is 8.95. The second-order valence-electron chi connectivity index (χ2n) is 19.8. The number of esters is 2. The summed E-state index contributed by atoms with van der Waals surface area (Å²) in [4.78, 5) is 58.6. The van der Waals surface area contributed by atoms with Gasteiger partial charge in [-0.05, 0) is 92.6 Å². The van der Waals surface area contributed by atoms with Gasteiger partial charge in [0.05, 0.1) is 5.69 Å². The third kappa shape index (κ3) is 15.6. The molecular formula is C52H77N5O6. The standard InChI is InChI=1S/C52H77N5O6/c1-36-24-26-38(3)31-45(62-51(60)47(33-42-17-11-9-12-18-42)55(7)49(58)40(5)29-36)22-15-21-44-35-57(54-53-44)28-16-23-46-32-39(4)27-25-37(2)30-41(6)50(59)56(8)48(52(61)63-46)34-43-19-13-10-14-20-43/h9-14,17-20,35-41,45-48H,15-16,21-34H2,1-8H3/t36-,37-,38-,39-,40-,41-,45-,46-,47+,48+/m1/s1. The second kappa shape index (κ2) is 24.5. The number of carbonyl (C=O) groups is 4. The molecule has 2 fully saturated rings. The molecule has 11 nitrogen and oxygen atoms in total. The van der Waals surface area contributed by atoms with Crippen molar-refractivity contribution >= 4 is 23.8 Å². The van der Waals surface area contributed by atoms with Crippen LogP contribution in [0.5, 0.6) is 0 Å². The number of amides is 2. The van der Waals surface area contributed by atoms with E-state index in [-0.39, 0.29) is 47.8 Å². The molecule has 63 heavy (non-hydrogen) atoms. The molecule has 3 aromatic rings. The quantitative estimate of drug-likeness (QED) is 0.165. The van der Waals surface area contributed by atoms with E-state index in [4.69, 9.17) is 9.47 Å². The van der Waals surface area contributed by atoms with Gasteiger partial charge < -0.3 is 19.3 Å². The number of nitrogens with zero attached hydrogens (tertiary/aromatic N) is 5. The number of hydrogen-bond acceptors (Lipinski definition) is 8. The first-order valence-electron chi connectivity index (χ1n) is 24.1. The Morgan fingerprint density at radius 2 is 0.984 bits per heavy atom. The summed E-state index contributed by atoms with van der Waals surface area (Å²) in [6, 6.07) is 18.3. The predicted molar refractivity (Wildman–Crippen MR) is 247 cm³/mol. The Hall–Kier alpha value is -4.54. The predicted octanol–water partition coefficient (Wildman–Crippen LogP) is 9.31. The summed E-state index contributed by atoms with van der Waals surface area (Å²) in [5.41, 5.74) is 2.87. The van der Waals surface area contributed by atoms with E-state index in [0.29, 0.717) is 62.3 Å². The van der Waals surface area contributed by atoms with Crippen molar-refractivity contribution in [2.24, 2.45) is 35.5 Å². The number of hydrogen-bond donors (Lipinski definition) is 0. The summed E-state index contributed by atoms with van der Waals surface area (Å²) in [7, 11) is 3.50. The molecule has 0 radical (unpaired) electrons. The molecule has 2 aliphatic heterocycles. The van der Waals surface area contributed by atoms with Gasteiger partial charge in [-0.2, -0.15) is 0 Å². The molecule has 2 saturated heterocycles. The topological polar surface area (TPSA) is 124 Å². The molecule has 5 rings (SSSR count). The second-order valence-corrected chi connectivity index (χ2v) is 19.8. The highest BCUT2D eigenvalue weighted by molar-refractivity contribution is 5.86. The Bertz CT molecular complexity index is 1740. The smallest absolute Gasteiger partial charge is 0.329 e. The number of ether oxygens (including phenoxy) is 2. The molecule has 1 aromatic heterocycles. The number of aromatic nitrogens is 3. The molecule has 2 amide bonds. The van der Waals surface area contributed by atoms with Gasteiger partial charge in [-0.25, -0.2) is 9.59 Å². The fourth-order valence-electron chi connectivity index (χ4n) is 9.84. The Balaban J connectivity index is 1.20. The van der Waals surface area contributed by atoms with E-state index in [1.807, 2.05) is 85.4 Å². The average molecular weight is 868 g/mol. The molecule has 0 N–H and O–H groups in total. The highest BCUT2D eigenvalue weighted by Crippen LogP contribution is 2.29. The van der Waals surface area contributed by atoms with Crippen molar-refractivity contribution in [2.45, 2.75) is 169 Å². The van der Waals surface area contributed by atoms with Gasteiger partial charge in [0.25, 0.3) is 0 Å². The first-order chi connectivity index (χ1) is 30.2. The number of cyclic esters (lactones) is 2. The van der Waals surface area contributed by atoms with Gasteiger partial charge in [0.2, 0.25) is 11.8 Å². The molecule has 0 saturated carbocycles. The first-order valence-corrected chi connectivity index (χ1v) is 24.1. The van der Waals surface area contributed by atoms with E-state index in [9.17, 15) is 19.2 Å². The van der Waals surface area contributed by atoms with Gasteiger partial charge in [0.1, 0.15) is 24.3 Å². The molecule has 11 heteroatoms. The van der Waals surface area contributed by atoms with Crippen LogP contribution in [0.15, 0.2) is 66.9 Å². The van der Waals surface area contributed by atoms with Crippen molar-refractivity contribution in [1.29, 1.82) is 0 Å². The number of benzene rings is 2. The van der Waals surface area contributed by atoms with E-state index in [2.05, 4.69) is 38.0 Å². The summed E-state index contributed by atoms with van der Waals surface area (Å²) in [6.45, 7) is 13.6. The molecule has 10 atom stereocenters. The average Bonchev–Trinajstić information content (AvgIpc) is 3.72. The van der Waals surface area contributed by atoms with Crippen molar-refractivity contribution in [3.05, 3.63) is 83.7 Å². The lowest BCUT2D eigenvalue weighted by Gasteiger charge is -2.31. The van der Waals surface area contributed by atoms with Gasteiger partial charge >= 0.3 is 11.9 Å². The lowest BCUT2D eigenvalue weighted by molar-refractivity contribution is -0.161. The molecular weight excluding hydrogens is 791 g/mol. The van der Waals surface area contributed by atoms with Gasteiger partial charge in [-0.3, -0.25) is 14.3 Å². The van der Waals surface area contributed by atoms with Crippen molar-refractivity contribution in [1.82, 2.24) is 24.8 Å². The highest BCUT2D eigenvalue weighted by atomic mass is 16.5. The van der Waals surface area contributed by atoms with Crippen molar-refractivity contribution in [3.63, 3.8) is 0 Å².